The molecule has 1 unspecified atom stereocenters. The lowest BCUT2D eigenvalue weighted by atomic mass is 10.1. The monoisotopic (exact) mass is 274 g/mol. The Hall–Kier alpha value is -2.04. The number of anilines is 1. The summed E-state index contributed by atoms with van der Waals surface area (Å²) in [7, 11) is 0. The van der Waals surface area contributed by atoms with Crippen LogP contribution >= 0.6 is 0 Å². The quantitative estimate of drug-likeness (QED) is 0.880. The van der Waals surface area contributed by atoms with Gasteiger partial charge in [-0.2, -0.15) is 0 Å². The summed E-state index contributed by atoms with van der Waals surface area (Å²) in [6.07, 6.45) is 2.69. The maximum absolute atomic E-state index is 12.5. The van der Waals surface area contributed by atoms with Crippen molar-refractivity contribution < 1.29 is 14.7 Å². The topological polar surface area (TPSA) is 69.6 Å². The highest BCUT2D eigenvalue weighted by Crippen LogP contribution is 2.27. The summed E-state index contributed by atoms with van der Waals surface area (Å²) in [5, 5.41) is 12.2. The molecule has 2 aliphatic rings. The Balaban J connectivity index is 1.79. The zero-order valence-corrected chi connectivity index (χ0v) is 11.3. The summed E-state index contributed by atoms with van der Waals surface area (Å²) in [5.41, 5.74) is 2.92. The number of nitrogens with zero attached hydrogens (tertiary/aromatic N) is 1. The van der Waals surface area contributed by atoms with Crippen LogP contribution in [-0.2, 0) is 11.2 Å². The van der Waals surface area contributed by atoms with Gasteiger partial charge in [-0.05, 0) is 37.0 Å². The molecular weight excluding hydrogens is 256 g/mol. The molecule has 1 amide bonds. The van der Waals surface area contributed by atoms with Crippen molar-refractivity contribution in [2.24, 2.45) is 0 Å². The van der Waals surface area contributed by atoms with Gasteiger partial charge in [0.15, 0.2) is 0 Å². The van der Waals surface area contributed by atoms with Crippen molar-refractivity contribution in [2.45, 2.75) is 31.7 Å². The number of nitrogens with one attached hydrogen (secondary N) is 1. The second-order valence-corrected chi connectivity index (χ2v) is 5.44. The Morgan fingerprint density at radius 1 is 1.40 bits per heavy atom. The maximum Gasteiger partial charge on any atom is 0.305 e. The number of likely N-dealkylation sites (tertiary alicyclic amines) is 1. The lowest BCUT2D eigenvalue weighted by molar-refractivity contribution is -0.137. The van der Waals surface area contributed by atoms with E-state index in [2.05, 4.69) is 5.32 Å². The molecule has 1 atom stereocenters. The van der Waals surface area contributed by atoms with Gasteiger partial charge in [-0.1, -0.05) is 6.07 Å². The van der Waals surface area contributed by atoms with Gasteiger partial charge in [0.25, 0.3) is 5.91 Å². The van der Waals surface area contributed by atoms with E-state index in [9.17, 15) is 9.59 Å². The highest BCUT2D eigenvalue weighted by atomic mass is 16.4. The van der Waals surface area contributed by atoms with E-state index in [1.165, 1.54) is 5.56 Å². The average molecular weight is 274 g/mol. The van der Waals surface area contributed by atoms with Crippen LogP contribution in [0.3, 0.4) is 0 Å². The normalized spacial score (nSPS) is 20.6. The minimum absolute atomic E-state index is 0.0366. The largest absolute Gasteiger partial charge is 0.481 e. The number of aliphatic carboxylic acids is 1. The Labute approximate surface area is 117 Å². The molecule has 0 aromatic heterocycles. The number of carboxylic acid groups (broad SMARTS) is 1. The van der Waals surface area contributed by atoms with Gasteiger partial charge in [0.2, 0.25) is 0 Å². The summed E-state index contributed by atoms with van der Waals surface area (Å²) in [6.45, 7) is 1.57. The van der Waals surface area contributed by atoms with Gasteiger partial charge in [-0.3, -0.25) is 9.59 Å². The van der Waals surface area contributed by atoms with Gasteiger partial charge in [0.1, 0.15) is 0 Å². The van der Waals surface area contributed by atoms with E-state index < -0.39 is 5.97 Å². The third-order valence-corrected chi connectivity index (χ3v) is 4.11. The maximum atomic E-state index is 12.5. The molecule has 106 valence electrons. The molecule has 0 saturated carbocycles. The van der Waals surface area contributed by atoms with Gasteiger partial charge in [0, 0.05) is 30.4 Å². The smallest absolute Gasteiger partial charge is 0.305 e. The number of hydrogen-bond acceptors (Lipinski definition) is 3. The SMILES string of the molecule is O=C(O)CC1CCCN1C(=O)c1ccc2c(c1)NCC2. The first-order valence-corrected chi connectivity index (χ1v) is 7.05. The molecule has 0 aliphatic carbocycles. The number of fused-ring (bicyclic) bond motifs is 1. The van der Waals surface area contributed by atoms with Crippen LogP contribution < -0.4 is 5.32 Å². The number of carbonyl (C=O) groups is 2. The molecule has 3 rings (SSSR count). The molecule has 2 N–H and O–H groups in total. The van der Waals surface area contributed by atoms with Crippen molar-refractivity contribution in [1.82, 2.24) is 4.90 Å². The van der Waals surface area contributed by atoms with Crippen LogP contribution in [0.4, 0.5) is 5.69 Å². The number of benzene rings is 1. The van der Waals surface area contributed by atoms with E-state index in [1.54, 1.807) is 4.90 Å². The van der Waals surface area contributed by atoms with E-state index in [0.717, 1.165) is 31.5 Å². The number of amides is 1. The predicted octanol–water partition coefficient (Wildman–Crippen LogP) is 1.73. The van der Waals surface area contributed by atoms with Crippen LogP contribution in [0.5, 0.6) is 0 Å². The lowest BCUT2D eigenvalue weighted by Crippen LogP contribution is -2.36. The molecule has 1 fully saturated rings. The van der Waals surface area contributed by atoms with Gasteiger partial charge in [-0.25, -0.2) is 0 Å². The van der Waals surface area contributed by atoms with Crippen molar-refractivity contribution in [3.05, 3.63) is 29.3 Å². The molecule has 0 bridgehead atoms. The molecular formula is C15H18N2O3. The first-order valence-electron chi connectivity index (χ1n) is 7.05. The van der Waals surface area contributed by atoms with Crippen LogP contribution in [0.15, 0.2) is 18.2 Å². The second kappa shape index (κ2) is 5.15. The Morgan fingerprint density at radius 2 is 2.25 bits per heavy atom. The number of carbonyl (C=O) groups excluding carboxylic acids is 1. The third-order valence-electron chi connectivity index (χ3n) is 4.11. The summed E-state index contributed by atoms with van der Waals surface area (Å²) in [4.78, 5) is 25.1. The lowest BCUT2D eigenvalue weighted by Gasteiger charge is -2.23. The third kappa shape index (κ3) is 2.35. The van der Waals surface area contributed by atoms with Gasteiger partial charge < -0.3 is 15.3 Å². The predicted molar refractivity (Wildman–Crippen MR) is 74.9 cm³/mol. The van der Waals surface area contributed by atoms with E-state index in [1.807, 2.05) is 18.2 Å². The Kier molecular flexibility index (Phi) is 3.34. The second-order valence-electron chi connectivity index (χ2n) is 5.44. The molecule has 0 radical (unpaired) electrons. The van der Waals surface area contributed by atoms with Crippen molar-refractivity contribution >= 4 is 17.6 Å². The van der Waals surface area contributed by atoms with E-state index in [-0.39, 0.29) is 18.4 Å². The molecule has 0 spiro atoms. The summed E-state index contributed by atoms with van der Waals surface area (Å²) >= 11 is 0. The van der Waals surface area contributed by atoms with Crippen molar-refractivity contribution in [3.8, 4) is 0 Å². The zero-order chi connectivity index (χ0) is 14.1. The average Bonchev–Trinajstić information content (AvgIpc) is 3.04. The molecule has 2 aliphatic heterocycles. The molecule has 20 heavy (non-hydrogen) atoms. The van der Waals surface area contributed by atoms with E-state index >= 15 is 0 Å². The molecule has 5 nitrogen and oxygen atoms in total. The minimum atomic E-state index is -0.842. The van der Waals surface area contributed by atoms with E-state index in [0.29, 0.717) is 12.1 Å². The van der Waals surface area contributed by atoms with E-state index in [4.69, 9.17) is 5.11 Å². The molecule has 5 heteroatoms. The zero-order valence-electron chi connectivity index (χ0n) is 11.3. The van der Waals surface area contributed by atoms with Crippen LogP contribution in [-0.4, -0.2) is 41.0 Å². The highest BCUT2D eigenvalue weighted by Gasteiger charge is 2.31. The molecule has 2 heterocycles. The standard InChI is InChI=1S/C15H18N2O3/c18-14(19)9-12-2-1-7-17(12)15(20)11-4-3-10-5-6-16-13(10)8-11/h3-4,8,12,16H,1-2,5-7,9H2,(H,18,19). The van der Waals surface area contributed by atoms with Crippen LogP contribution in [0.25, 0.3) is 0 Å². The van der Waals surface area contributed by atoms with Gasteiger partial charge in [-0.15, -0.1) is 0 Å². The molecule has 1 saturated heterocycles. The fourth-order valence-electron chi connectivity index (χ4n) is 3.11. The van der Waals surface area contributed by atoms with Crippen LogP contribution in [0.2, 0.25) is 0 Å². The minimum Gasteiger partial charge on any atom is -0.481 e. The summed E-state index contributed by atoms with van der Waals surface area (Å²) in [5.74, 6) is -0.893. The number of carboxylic acids is 1. The number of hydrogen-bond donors (Lipinski definition) is 2. The fraction of sp³-hybridized carbons (Fsp3) is 0.467. The van der Waals surface area contributed by atoms with Crippen LogP contribution in [0.1, 0.15) is 35.2 Å². The molecule has 1 aromatic rings. The Morgan fingerprint density at radius 3 is 3.05 bits per heavy atom. The first-order chi connectivity index (χ1) is 9.65. The molecule has 1 aromatic carbocycles. The summed E-state index contributed by atoms with van der Waals surface area (Å²) < 4.78 is 0. The van der Waals surface area contributed by atoms with Gasteiger partial charge in [0.05, 0.1) is 6.42 Å². The highest BCUT2D eigenvalue weighted by molar-refractivity contribution is 5.96. The first kappa shape index (κ1) is 13.0. The fourth-order valence-corrected chi connectivity index (χ4v) is 3.11. The van der Waals surface area contributed by atoms with Gasteiger partial charge >= 0.3 is 5.97 Å². The summed E-state index contributed by atoms with van der Waals surface area (Å²) in [6, 6.07) is 5.57. The van der Waals surface area contributed by atoms with Crippen molar-refractivity contribution in [3.63, 3.8) is 0 Å². The van der Waals surface area contributed by atoms with Crippen molar-refractivity contribution in [2.75, 3.05) is 18.4 Å². The Bertz CT molecular complexity index is 556. The number of rotatable bonds is 3. The van der Waals surface area contributed by atoms with Crippen molar-refractivity contribution in [1.29, 1.82) is 0 Å². The van der Waals surface area contributed by atoms with Crippen LogP contribution in [0, 0.1) is 0 Å².